The van der Waals surface area contributed by atoms with E-state index in [2.05, 4.69) is 66.5 Å². The Kier molecular flexibility index (Phi) is 3.11. The first-order chi connectivity index (χ1) is 9.36. The Labute approximate surface area is 113 Å². The van der Waals surface area contributed by atoms with Crippen molar-refractivity contribution in [2.45, 2.75) is 6.92 Å². The number of hydrogen-bond acceptors (Lipinski definition) is 1. The Balaban J connectivity index is 2.25. The second-order valence-electron chi connectivity index (χ2n) is 4.55. The third-order valence-corrected chi connectivity index (χ3v) is 3.29. The maximum atomic E-state index is 4.44. The van der Waals surface area contributed by atoms with Gasteiger partial charge in [-0.25, -0.2) is 0 Å². The Morgan fingerprint density at radius 1 is 0.684 bits per heavy atom. The standard InChI is InChI=1S/C18H15N/c1-14-18(16-10-6-3-7-11-16)17(12-13-19-14)15-8-4-2-5-9-15/h2-13H,1H3. The van der Waals surface area contributed by atoms with Gasteiger partial charge in [-0.3, -0.25) is 4.98 Å². The van der Waals surface area contributed by atoms with E-state index in [1.54, 1.807) is 0 Å². The lowest BCUT2D eigenvalue weighted by Crippen LogP contribution is -1.91. The molecule has 0 amide bonds. The molecule has 19 heavy (non-hydrogen) atoms. The van der Waals surface area contributed by atoms with Gasteiger partial charge in [0.15, 0.2) is 0 Å². The van der Waals surface area contributed by atoms with Crippen LogP contribution in [0.4, 0.5) is 0 Å². The topological polar surface area (TPSA) is 12.9 Å². The summed E-state index contributed by atoms with van der Waals surface area (Å²) in [5.41, 5.74) is 5.96. The van der Waals surface area contributed by atoms with E-state index in [0.29, 0.717) is 0 Å². The van der Waals surface area contributed by atoms with E-state index in [1.165, 1.54) is 22.3 Å². The Hall–Kier alpha value is -2.41. The van der Waals surface area contributed by atoms with Gasteiger partial charge in [-0.15, -0.1) is 0 Å². The average molecular weight is 245 g/mol. The van der Waals surface area contributed by atoms with Gasteiger partial charge in [-0.05, 0) is 29.7 Å². The number of nitrogens with zero attached hydrogens (tertiary/aromatic N) is 1. The summed E-state index contributed by atoms with van der Waals surface area (Å²) in [4.78, 5) is 4.44. The van der Waals surface area contributed by atoms with Crippen LogP contribution in [0.25, 0.3) is 22.3 Å². The fraction of sp³-hybridized carbons (Fsp3) is 0.0556. The molecule has 2 aromatic carbocycles. The molecule has 1 aromatic heterocycles. The Morgan fingerprint density at radius 3 is 1.89 bits per heavy atom. The fourth-order valence-electron chi connectivity index (χ4n) is 2.39. The van der Waals surface area contributed by atoms with Gasteiger partial charge in [0.1, 0.15) is 0 Å². The maximum Gasteiger partial charge on any atom is 0.0457 e. The van der Waals surface area contributed by atoms with Crippen LogP contribution in [-0.4, -0.2) is 4.98 Å². The second-order valence-corrected chi connectivity index (χ2v) is 4.55. The quantitative estimate of drug-likeness (QED) is 0.636. The van der Waals surface area contributed by atoms with Crippen molar-refractivity contribution >= 4 is 0 Å². The molecular weight excluding hydrogens is 230 g/mol. The van der Waals surface area contributed by atoms with E-state index in [4.69, 9.17) is 0 Å². The molecule has 3 rings (SSSR count). The summed E-state index contributed by atoms with van der Waals surface area (Å²) in [5, 5.41) is 0. The van der Waals surface area contributed by atoms with E-state index in [1.807, 2.05) is 18.3 Å². The molecule has 0 unspecified atom stereocenters. The van der Waals surface area contributed by atoms with E-state index in [-0.39, 0.29) is 0 Å². The van der Waals surface area contributed by atoms with Crippen LogP contribution in [0, 0.1) is 6.92 Å². The number of hydrogen-bond donors (Lipinski definition) is 0. The average Bonchev–Trinajstić information content (AvgIpc) is 2.49. The predicted octanol–water partition coefficient (Wildman–Crippen LogP) is 4.72. The molecule has 0 aliphatic heterocycles. The number of benzene rings is 2. The van der Waals surface area contributed by atoms with Crippen molar-refractivity contribution in [2.24, 2.45) is 0 Å². The van der Waals surface area contributed by atoms with Gasteiger partial charge in [0, 0.05) is 17.5 Å². The zero-order chi connectivity index (χ0) is 13.1. The van der Waals surface area contributed by atoms with Crippen molar-refractivity contribution in [3.05, 3.63) is 78.6 Å². The first-order valence-electron chi connectivity index (χ1n) is 6.43. The van der Waals surface area contributed by atoms with Crippen molar-refractivity contribution in [3.63, 3.8) is 0 Å². The highest BCUT2D eigenvalue weighted by atomic mass is 14.7. The molecule has 0 atom stereocenters. The van der Waals surface area contributed by atoms with Crippen LogP contribution in [0.5, 0.6) is 0 Å². The van der Waals surface area contributed by atoms with Crippen LogP contribution in [0.15, 0.2) is 72.9 Å². The molecule has 92 valence electrons. The SMILES string of the molecule is Cc1nccc(-c2ccccc2)c1-c1ccccc1. The Bertz CT molecular complexity index is 673. The molecule has 0 radical (unpaired) electrons. The highest BCUT2D eigenvalue weighted by Gasteiger charge is 2.10. The first kappa shape index (κ1) is 11.7. The molecule has 0 bridgehead atoms. The van der Waals surface area contributed by atoms with E-state index in [0.717, 1.165) is 5.69 Å². The summed E-state index contributed by atoms with van der Waals surface area (Å²) in [6.45, 7) is 2.06. The van der Waals surface area contributed by atoms with Gasteiger partial charge in [-0.1, -0.05) is 60.7 Å². The van der Waals surface area contributed by atoms with Gasteiger partial charge >= 0.3 is 0 Å². The van der Waals surface area contributed by atoms with E-state index < -0.39 is 0 Å². The van der Waals surface area contributed by atoms with Crippen molar-refractivity contribution in [3.8, 4) is 22.3 Å². The molecule has 0 saturated carbocycles. The summed E-state index contributed by atoms with van der Waals surface area (Å²) in [5.74, 6) is 0. The second kappa shape index (κ2) is 5.07. The van der Waals surface area contributed by atoms with Crippen LogP contribution in [0.2, 0.25) is 0 Å². The molecule has 0 fully saturated rings. The lowest BCUT2D eigenvalue weighted by atomic mass is 9.94. The molecule has 0 N–H and O–H groups in total. The number of aromatic nitrogens is 1. The van der Waals surface area contributed by atoms with Crippen LogP contribution in [0.3, 0.4) is 0 Å². The fourth-order valence-corrected chi connectivity index (χ4v) is 2.39. The molecule has 1 nitrogen and oxygen atoms in total. The lowest BCUT2D eigenvalue weighted by molar-refractivity contribution is 1.20. The summed E-state index contributed by atoms with van der Waals surface area (Å²) in [6.07, 6.45) is 1.88. The van der Waals surface area contributed by atoms with Crippen LogP contribution in [0.1, 0.15) is 5.69 Å². The third-order valence-electron chi connectivity index (χ3n) is 3.29. The number of rotatable bonds is 2. The summed E-state index contributed by atoms with van der Waals surface area (Å²) in [6, 6.07) is 23.0. The molecule has 1 heteroatoms. The maximum absolute atomic E-state index is 4.44. The van der Waals surface area contributed by atoms with E-state index >= 15 is 0 Å². The molecule has 3 aromatic rings. The molecular formula is C18H15N. The van der Waals surface area contributed by atoms with Crippen LogP contribution >= 0.6 is 0 Å². The largest absolute Gasteiger partial charge is 0.261 e. The molecule has 0 spiro atoms. The zero-order valence-electron chi connectivity index (χ0n) is 10.9. The smallest absolute Gasteiger partial charge is 0.0457 e. The normalized spacial score (nSPS) is 10.4. The van der Waals surface area contributed by atoms with Gasteiger partial charge < -0.3 is 0 Å². The zero-order valence-corrected chi connectivity index (χ0v) is 10.9. The van der Waals surface area contributed by atoms with Crippen LogP contribution < -0.4 is 0 Å². The summed E-state index contributed by atoms with van der Waals surface area (Å²) >= 11 is 0. The van der Waals surface area contributed by atoms with Gasteiger partial charge in [0.2, 0.25) is 0 Å². The lowest BCUT2D eigenvalue weighted by Gasteiger charge is -2.12. The number of pyridine rings is 1. The minimum atomic E-state index is 1.06. The highest BCUT2D eigenvalue weighted by molar-refractivity contribution is 5.84. The van der Waals surface area contributed by atoms with Crippen molar-refractivity contribution < 1.29 is 0 Å². The van der Waals surface area contributed by atoms with Crippen molar-refractivity contribution in [1.82, 2.24) is 4.98 Å². The minimum Gasteiger partial charge on any atom is -0.261 e. The van der Waals surface area contributed by atoms with Gasteiger partial charge in [-0.2, -0.15) is 0 Å². The van der Waals surface area contributed by atoms with Crippen LogP contribution in [-0.2, 0) is 0 Å². The van der Waals surface area contributed by atoms with Crippen molar-refractivity contribution in [2.75, 3.05) is 0 Å². The minimum absolute atomic E-state index is 1.06. The monoisotopic (exact) mass is 245 g/mol. The Morgan fingerprint density at radius 2 is 1.26 bits per heavy atom. The predicted molar refractivity (Wildman–Crippen MR) is 79.8 cm³/mol. The molecule has 0 saturated heterocycles. The molecule has 1 heterocycles. The first-order valence-corrected chi connectivity index (χ1v) is 6.43. The third kappa shape index (κ3) is 2.27. The summed E-state index contributed by atoms with van der Waals surface area (Å²) < 4.78 is 0. The highest BCUT2D eigenvalue weighted by Crippen LogP contribution is 2.33. The number of aryl methyl sites for hydroxylation is 1. The van der Waals surface area contributed by atoms with E-state index in [9.17, 15) is 0 Å². The molecule has 0 aliphatic rings. The van der Waals surface area contributed by atoms with Gasteiger partial charge in [0.05, 0.1) is 0 Å². The summed E-state index contributed by atoms with van der Waals surface area (Å²) in [7, 11) is 0. The van der Waals surface area contributed by atoms with Crippen molar-refractivity contribution in [1.29, 1.82) is 0 Å². The molecule has 0 aliphatic carbocycles. The van der Waals surface area contributed by atoms with Gasteiger partial charge in [0.25, 0.3) is 0 Å².